The molecule has 0 saturated carbocycles. The summed E-state index contributed by atoms with van der Waals surface area (Å²) in [6.45, 7) is 0.863. The van der Waals surface area contributed by atoms with E-state index in [4.69, 9.17) is 19.0 Å². The minimum Gasteiger partial charge on any atom is -0.485 e. The summed E-state index contributed by atoms with van der Waals surface area (Å²) in [4.78, 5) is 30.5. The maximum Gasteiger partial charge on any atom is 0.262 e. The van der Waals surface area contributed by atoms with Crippen molar-refractivity contribution >= 4 is 11.8 Å². The Kier molecular flexibility index (Phi) is 11.8. The van der Waals surface area contributed by atoms with E-state index in [0.717, 1.165) is 22.3 Å². The van der Waals surface area contributed by atoms with Crippen molar-refractivity contribution in [2.75, 3.05) is 6.54 Å². The second-order valence-corrected chi connectivity index (χ2v) is 10.5. The van der Waals surface area contributed by atoms with E-state index >= 15 is 0 Å². The Morgan fingerprint density at radius 3 is 1.35 bits per heavy atom. The number of hydroxylamine groups is 1. The lowest BCUT2D eigenvalue weighted by molar-refractivity contribution is -0.135. The fourth-order valence-electron chi connectivity index (χ4n) is 4.53. The molecule has 5 rings (SSSR count). The highest BCUT2D eigenvalue weighted by Crippen LogP contribution is 2.40. The van der Waals surface area contributed by atoms with Gasteiger partial charge in [0.2, 0.25) is 11.7 Å². The molecule has 0 aliphatic heterocycles. The molecule has 0 radical (unpaired) electrons. The fourth-order valence-corrected chi connectivity index (χ4v) is 4.53. The van der Waals surface area contributed by atoms with Crippen molar-refractivity contribution in [1.82, 2.24) is 10.8 Å². The summed E-state index contributed by atoms with van der Waals surface area (Å²) in [7, 11) is 0. The molecule has 234 valence electrons. The van der Waals surface area contributed by atoms with Gasteiger partial charge >= 0.3 is 0 Å². The van der Waals surface area contributed by atoms with E-state index in [9.17, 15) is 9.59 Å². The number of carbonyl (C=O) groups excluding carboxylic acids is 2. The predicted octanol–water partition coefficient (Wildman–Crippen LogP) is 6.33. The first-order chi connectivity index (χ1) is 22.6. The van der Waals surface area contributed by atoms with E-state index in [1.54, 1.807) is 12.1 Å². The Labute approximate surface area is 268 Å². The van der Waals surface area contributed by atoms with Crippen molar-refractivity contribution in [3.63, 3.8) is 0 Å². The molecule has 0 spiro atoms. The van der Waals surface area contributed by atoms with Crippen LogP contribution in [0.4, 0.5) is 0 Å². The summed E-state index contributed by atoms with van der Waals surface area (Å²) in [6, 6.07) is 42.4. The van der Waals surface area contributed by atoms with Crippen LogP contribution in [0.25, 0.3) is 0 Å². The molecule has 0 aliphatic rings. The van der Waals surface area contributed by atoms with E-state index in [1.807, 2.05) is 121 Å². The van der Waals surface area contributed by atoms with Crippen molar-refractivity contribution in [1.29, 1.82) is 0 Å². The smallest absolute Gasteiger partial charge is 0.262 e. The van der Waals surface area contributed by atoms with Crippen LogP contribution in [-0.4, -0.2) is 18.4 Å². The number of amides is 2. The van der Waals surface area contributed by atoms with Gasteiger partial charge in [0.15, 0.2) is 11.5 Å². The summed E-state index contributed by atoms with van der Waals surface area (Å²) in [5.74, 6) is 0.516. The fraction of sp³-hybridized carbons (Fsp3) is 0.158. The molecule has 2 N–H and O–H groups in total. The van der Waals surface area contributed by atoms with E-state index in [1.165, 1.54) is 0 Å². The van der Waals surface area contributed by atoms with Crippen LogP contribution in [0.3, 0.4) is 0 Å². The summed E-state index contributed by atoms with van der Waals surface area (Å²) in [5.41, 5.74) is 6.85. The van der Waals surface area contributed by atoms with Crippen LogP contribution >= 0.6 is 0 Å². The lowest BCUT2D eigenvalue weighted by atomic mass is 10.1. The molecule has 2 amide bonds. The monoisotopic (exact) mass is 616 g/mol. The van der Waals surface area contributed by atoms with Crippen LogP contribution in [0.1, 0.15) is 27.8 Å². The van der Waals surface area contributed by atoms with E-state index in [2.05, 4.69) is 10.8 Å². The average Bonchev–Trinajstić information content (AvgIpc) is 3.10. The molecular weight excluding hydrogens is 580 g/mol. The minimum atomic E-state index is -0.465. The predicted molar refractivity (Wildman–Crippen MR) is 175 cm³/mol. The van der Waals surface area contributed by atoms with Crippen LogP contribution in [0, 0.1) is 0 Å². The zero-order chi connectivity index (χ0) is 31.8. The summed E-state index contributed by atoms with van der Waals surface area (Å²) < 4.78 is 18.9. The highest BCUT2D eigenvalue weighted by atomic mass is 16.6. The van der Waals surface area contributed by atoms with Gasteiger partial charge in [-0.25, -0.2) is 5.48 Å². The number of ether oxygens (including phenoxy) is 3. The molecule has 0 atom stereocenters. The summed E-state index contributed by atoms with van der Waals surface area (Å²) in [5, 5.41) is 2.65. The Balaban J connectivity index is 1.30. The molecule has 0 heterocycles. The van der Waals surface area contributed by atoms with Crippen molar-refractivity contribution in [3.8, 4) is 17.2 Å². The van der Waals surface area contributed by atoms with Gasteiger partial charge in [0, 0.05) is 0 Å². The van der Waals surface area contributed by atoms with Crippen LogP contribution in [0.15, 0.2) is 133 Å². The van der Waals surface area contributed by atoms with Gasteiger partial charge in [0.05, 0.1) is 19.6 Å². The summed E-state index contributed by atoms with van der Waals surface area (Å²) >= 11 is 0. The van der Waals surface area contributed by atoms with Crippen molar-refractivity contribution in [3.05, 3.63) is 161 Å². The molecule has 0 aliphatic carbocycles. The minimum absolute atomic E-state index is 0.0134. The van der Waals surface area contributed by atoms with Crippen molar-refractivity contribution in [2.24, 2.45) is 0 Å². The van der Waals surface area contributed by atoms with Gasteiger partial charge in [-0.3, -0.25) is 14.4 Å². The lowest BCUT2D eigenvalue weighted by Crippen LogP contribution is -2.37. The number of carbonyl (C=O) groups is 2. The maximum atomic E-state index is 12.9. The molecule has 0 bridgehead atoms. The first-order valence-electron chi connectivity index (χ1n) is 15.0. The molecule has 0 fully saturated rings. The topological polar surface area (TPSA) is 95.1 Å². The second-order valence-electron chi connectivity index (χ2n) is 10.5. The molecule has 5 aromatic carbocycles. The average molecular weight is 617 g/mol. The third kappa shape index (κ3) is 10.2. The molecular formula is C38H36N2O6. The number of rotatable bonds is 16. The quantitative estimate of drug-likeness (QED) is 0.126. The van der Waals surface area contributed by atoms with Gasteiger partial charge in [-0.15, -0.1) is 0 Å². The molecule has 0 unspecified atom stereocenters. The number of nitrogens with one attached hydrogen (secondary N) is 2. The Morgan fingerprint density at radius 1 is 0.478 bits per heavy atom. The van der Waals surface area contributed by atoms with Crippen LogP contribution in [0.5, 0.6) is 17.2 Å². The summed E-state index contributed by atoms with van der Waals surface area (Å²) in [6.07, 6.45) is -0.0134. The lowest BCUT2D eigenvalue weighted by Gasteiger charge is -2.19. The van der Waals surface area contributed by atoms with Gasteiger partial charge in [-0.1, -0.05) is 121 Å². The van der Waals surface area contributed by atoms with Crippen LogP contribution in [-0.2, 0) is 47.3 Å². The van der Waals surface area contributed by atoms with Gasteiger partial charge in [-0.2, -0.15) is 0 Å². The van der Waals surface area contributed by atoms with E-state index < -0.39 is 5.91 Å². The molecule has 46 heavy (non-hydrogen) atoms. The zero-order valence-electron chi connectivity index (χ0n) is 25.4. The Hall–Kier alpha value is -5.60. The number of hydrogen-bond donors (Lipinski definition) is 2. The maximum absolute atomic E-state index is 12.9. The zero-order valence-corrected chi connectivity index (χ0v) is 25.4. The van der Waals surface area contributed by atoms with E-state index in [0.29, 0.717) is 42.6 Å². The Morgan fingerprint density at radius 2 is 0.891 bits per heavy atom. The van der Waals surface area contributed by atoms with Crippen molar-refractivity contribution in [2.45, 2.75) is 32.8 Å². The largest absolute Gasteiger partial charge is 0.485 e. The van der Waals surface area contributed by atoms with Crippen molar-refractivity contribution < 1.29 is 28.6 Å². The third-order valence-corrected chi connectivity index (χ3v) is 6.86. The molecule has 5 aromatic rings. The SMILES string of the molecule is O=C(Cc1cc(OCc2ccccc2)c(OCc2ccccc2)c(OCc2ccccc2)c1)NCC(=O)NOCc1ccccc1. The Bertz CT molecular complexity index is 1600. The highest BCUT2D eigenvalue weighted by Gasteiger charge is 2.18. The second kappa shape index (κ2) is 17.0. The number of benzene rings is 5. The van der Waals surface area contributed by atoms with Gasteiger partial charge < -0.3 is 19.5 Å². The van der Waals surface area contributed by atoms with Gasteiger partial charge in [0.25, 0.3) is 5.91 Å². The van der Waals surface area contributed by atoms with Crippen LogP contribution < -0.4 is 25.0 Å². The molecule has 0 aromatic heterocycles. The van der Waals surface area contributed by atoms with Gasteiger partial charge in [-0.05, 0) is 39.9 Å². The first-order valence-corrected chi connectivity index (χ1v) is 15.0. The van der Waals surface area contributed by atoms with Gasteiger partial charge in [0.1, 0.15) is 19.8 Å². The van der Waals surface area contributed by atoms with Crippen LogP contribution in [0.2, 0.25) is 0 Å². The first kappa shape index (κ1) is 31.8. The van der Waals surface area contributed by atoms with E-state index in [-0.39, 0.29) is 25.5 Å². The normalized spacial score (nSPS) is 10.5. The number of hydrogen-bond acceptors (Lipinski definition) is 6. The molecule has 8 nitrogen and oxygen atoms in total. The molecule has 8 heteroatoms. The highest BCUT2D eigenvalue weighted by molar-refractivity contribution is 5.85. The standard InChI is InChI=1S/C38H36N2O6/c41-36(39-24-37(42)40-46-28-32-19-11-4-12-20-32)23-33-21-34(43-25-29-13-5-1-6-14-29)38(45-27-31-17-9-3-10-18-31)35(22-33)44-26-30-15-7-2-8-16-30/h1-22H,23-28H2,(H,39,41)(H,40,42). The molecule has 0 saturated heterocycles. The third-order valence-electron chi connectivity index (χ3n) is 6.86.